The molecule has 0 bridgehead atoms. The lowest BCUT2D eigenvalue weighted by Gasteiger charge is -2.25. The van der Waals surface area contributed by atoms with Gasteiger partial charge in [-0.15, -0.1) is 0 Å². The second-order valence-electron chi connectivity index (χ2n) is 4.12. The SMILES string of the molecule is CCN(CC(F)(F)F)c1ccc(C(C)N)c(Br)c1. The van der Waals surface area contributed by atoms with E-state index in [0.29, 0.717) is 12.2 Å². The number of rotatable bonds is 4. The van der Waals surface area contributed by atoms with Gasteiger partial charge < -0.3 is 10.6 Å². The largest absolute Gasteiger partial charge is 0.405 e. The Morgan fingerprint density at radius 2 is 2.00 bits per heavy atom. The van der Waals surface area contributed by atoms with Gasteiger partial charge in [0.1, 0.15) is 6.54 Å². The lowest BCUT2D eigenvalue weighted by molar-refractivity contribution is -0.119. The fraction of sp³-hybridized carbons (Fsp3) is 0.500. The first-order chi connectivity index (χ1) is 8.24. The van der Waals surface area contributed by atoms with Crippen LogP contribution in [0.15, 0.2) is 22.7 Å². The van der Waals surface area contributed by atoms with Gasteiger partial charge in [0, 0.05) is 22.7 Å². The fourth-order valence-corrected chi connectivity index (χ4v) is 2.41. The summed E-state index contributed by atoms with van der Waals surface area (Å²) in [6.07, 6.45) is -4.21. The van der Waals surface area contributed by atoms with E-state index in [2.05, 4.69) is 15.9 Å². The lowest BCUT2D eigenvalue weighted by Crippen LogP contribution is -2.34. The van der Waals surface area contributed by atoms with Crippen molar-refractivity contribution < 1.29 is 13.2 Å². The molecule has 0 aliphatic carbocycles. The second kappa shape index (κ2) is 5.93. The minimum absolute atomic E-state index is 0.161. The normalized spacial score (nSPS) is 13.5. The smallest absolute Gasteiger partial charge is 0.363 e. The van der Waals surface area contributed by atoms with Crippen molar-refractivity contribution in [3.8, 4) is 0 Å². The number of nitrogens with two attached hydrogens (primary N) is 1. The molecule has 0 amide bonds. The van der Waals surface area contributed by atoms with Gasteiger partial charge in [-0.2, -0.15) is 13.2 Å². The van der Waals surface area contributed by atoms with E-state index in [1.165, 1.54) is 4.90 Å². The highest BCUT2D eigenvalue weighted by Crippen LogP contribution is 2.29. The molecule has 0 aliphatic heterocycles. The molecule has 0 heterocycles. The van der Waals surface area contributed by atoms with Gasteiger partial charge in [0.2, 0.25) is 0 Å². The second-order valence-corrected chi connectivity index (χ2v) is 4.98. The van der Waals surface area contributed by atoms with Crippen LogP contribution < -0.4 is 10.6 Å². The van der Waals surface area contributed by atoms with Crippen molar-refractivity contribution in [1.82, 2.24) is 0 Å². The van der Waals surface area contributed by atoms with E-state index in [0.717, 1.165) is 10.0 Å². The fourth-order valence-electron chi connectivity index (χ4n) is 1.68. The Kier molecular flexibility index (Phi) is 5.04. The Bertz CT molecular complexity index is 405. The molecule has 0 aliphatic rings. The van der Waals surface area contributed by atoms with Crippen LogP contribution in [-0.4, -0.2) is 19.3 Å². The number of nitrogens with zero attached hydrogens (tertiary/aromatic N) is 1. The molecule has 1 aromatic rings. The van der Waals surface area contributed by atoms with Gasteiger partial charge in [0.25, 0.3) is 0 Å². The first-order valence-corrected chi connectivity index (χ1v) is 6.40. The summed E-state index contributed by atoms with van der Waals surface area (Å²) in [5, 5.41) is 0. The molecule has 18 heavy (non-hydrogen) atoms. The molecule has 0 fully saturated rings. The molecule has 0 aromatic heterocycles. The van der Waals surface area contributed by atoms with Crippen molar-refractivity contribution in [2.45, 2.75) is 26.1 Å². The summed E-state index contributed by atoms with van der Waals surface area (Å²) in [6, 6.07) is 4.93. The maximum atomic E-state index is 12.4. The van der Waals surface area contributed by atoms with E-state index >= 15 is 0 Å². The predicted octanol–water partition coefficient (Wildman–Crippen LogP) is 3.86. The molecule has 1 aromatic carbocycles. The first-order valence-electron chi connectivity index (χ1n) is 5.61. The van der Waals surface area contributed by atoms with Crippen molar-refractivity contribution in [2.24, 2.45) is 5.73 Å². The number of hydrogen-bond donors (Lipinski definition) is 1. The van der Waals surface area contributed by atoms with Crippen LogP contribution in [0.4, 0.5) is 18.9 Å². The minimum Gasteiger partial charge on any atom is -0.363 e. The van der Waals surface area contributed by atoms with Crippen molar-refractivity contribution in [2.75, 3.05) is 18.0 Å². The third kappa shape index (κ3) is 4.17. The van der Waals surface area contributed by atoms with E-state index in [1.54, 1.807) is 25.1 Å². The van der Waals surface area contributed by atoms with Gasteiger partial charge in [-0.25, -0.2) is 0 Å². The quantitative estimate of drug-likeness (QED) is 0.911. The van der Waals surface area contributed by atoms with E-state index in [-0.39, 0.29) is 6.04 Å². The maximum absolute atomic E-state index is 12.4. The van der Waals surface area contributed by atoms with Gasteiger partial charge >= 0.3 is 6.18 Å². The number of halogens is 4. The molecule has 2 nitrogen and oxygen atoms in total. The number of anilines is 1. The summed E-state index contributed by atoms with van der Waals surface area (Å²) in [6.45, 7) is 2.86. The molecule has 0 saturated carbocycles. The van der Waals surface area contributed by atoms with E-state index in [4.69, 9.17) is 5.73 Å². The minimum atomic E-state index is -4.21. The molecule has 6 heteroatoms. The zero-order valence-corrected chi connectivity index (χ0v) is 11.8. The number of alkyl halides is 3. The molecular formula is C12H16BrF3N2. The third-order valence-corrected chi connectivity index (χ3v) is 3.28. The Morgan fingerprint density at radius 3 is 2.39 bits per heavy atom. The Balaban J connectivity index is 2.98. The topological polar surface area (TPSA) is 29.3 Å². The van der Waals surface area contributed by atoms with Crippen molar-refractivity contribution >= 4 is 21.6 Å². The monoisotopic (exact) mass is 324 g/mol. The van der Waals surface area contributed by atoms with Crippen LogP contribution in [0.1, 0.15) is 25.5 Å². The summed E-state index contributed by atoms with van der Waals surface area (Å²) in [4.78, 5) is 1.27. The van der Waals surface area contributed by atoms with Crippen LogP contribution in [0, 0.1) is 0 Å². The average molecular weight is 325 g/mol. The molecule has 2 N–H and O–H groups in total. The first kappa shape index (κ1) is 15.3. The van der Waals surface area contributed by atoms with Crippen LogP contribution in [-0.2, 0) is 0 Å². The van der Waals surface area contributed by atoms with E-state index in [1.807, 2.05) is 6.92 Å². The van der Waals surface area contributed by atoms with Gasteiger partial charge in [0.05, 0.1) is 0 Å². The lowest BCUT2D eigenvalue weighted by atomic mass is 10.1. The zero-order valence-electron chi connectivity index (χ0n) is 10.3. The summed E-state index contributed by atoms with van der Waals surface area (Å²) in [7, 11) is 0. The molecule has 0 saturated heterocycles. The number of hydrogen-bond acceptors (Lipinski definition) is 2. The molecule has 0 spiro atoms. The molecular weight excluding hydrogens is 309 g/mol. The molecule has 102 valence electrons. The Hall–Kier alpha value is -0.750. The van der Waals surface area contributed by atoms with E-state index in [9.17, 15) is 13.2 Å². The van der Waals surface area contributed by atoms with Crippen LogP contribution >= 0.6 is 15.9 Å². The van der Waals surface area contributed by atoms with Gasteiger partial charge in [-0.3, -0.25) is 0 Å². The highest BCUT2D eigenvalue weighted by molar-refractivity contribution is 9.10. The highest BCUT2D eigenvalue weighted by Gasteiger charge is 2.30. The zero-order chi connectivity index (χ0) is 13.9. The summed E-state index contributed by atoms with van der Waals surface area (Å²) in [5.41, 5.74) is 7.16. The third-order valence-electron chi connectivity index (χ3n) is 2.59. The average Bonchev–Trinajstić information content (AvgIpc) is 2.24. The molecule has 1 atom stereocenters. The van der Waals surface area contributed by atoms with Crippen LogP contribution in [0.2, 0.25) is 0 Å². The summed E-state index contributed by atoms with van der Waals surface area (Å²) in [5.74, 6) is 0. The highest BCUT2D eigenvalue weighted by atomic mass is 79.9. The standard InChI is InChI=1S/C12H16BrF3N2/c1-3-18(7-12(14,15)16)9-4-5-10(8(2)17)11(13)6-9/h4-6,8H,3,7,17H2,1-2H3. The van der Waals surface area contributed by atoms with Gasteiger partial charge in [0.15, 0.2) is 0 Å². The molecule has 1 unspecified atom stereocenters. The van der Waals surface area contributed by atoms with Gasteiger partial charge in [-0.1, -0.05) is 22.0 Å². The molecule has 1 rings (SSSR count). The number of benzene rings is 1. The Morgan fingerprint density at radius 1 is 1.39 bits per heavy atom. The maximum Gasteiger partial charge on any atom is 0.405 e. The van der Waals surface area contributed by atoms with Crippen molar-refractivity contribution in [3.05, 3.63) is 28.2 Å². The predicted molar refractivity (Wildman–Crippen MR) is 70.7 cm³/mol. The van der Waals surface area contributed by atoms with Crippen LogP contribution in [0.25, 0.3) is 0 Å². The molecule has 0 radical (unpaired) electrons. The van der Waals surface area contributed by atoms with Crippen LogP contribution in [0.3, 0.4) is 0 Å². The van der Waals surface area contributed by atoms with E-state index < -0.39 is 12.7 Å². The van der Waals surface area contributed by atoms with Gasteiger partial charge in [-0.05, 0) is 31.5 Å². The van der Waals surface area contributed by atoms with Crippen molar-refractivity contribution in [3.63, 3.8) is 0 Å². The Labute approximate surface area is 113 Å². The summed E-state index contributed by atoms with van der Waals surface area (Å²) >= 11 is 3.34. The summed E-state index contributed by atoms with van der Waals surface area (Å²) < 4.78 is 38.0. The van der Waals surface area contributed by atoms with Crippen LogP contribution in [0.5, 0.6) is 0 Å². The van der Waals surface area contributed by atoms with Crippen molar-refractivity contribution in [1.29, 1.82) is 0 Å².